The van der Waals surface area contributed by atoms with Crippen LogP contribution in [0.1, 0.15) is 30.9 Å². The molecule has 4 rings (SSSR count). The van der Waals surface area contributed by atoms with Crippen LogP contribution in [-0.2, 0) is 16.1 Å². The summed E-state index contributed by atoms with van der Waals surface area (Å²) in [4.78, 5) is 20.5. The van der Waals surface area contributed by atoms with Crippen LogP contribution >= 0.6 is 11.8 Å². The van der Waals surface area contributed by atoms with E-state index < -0.39 is 11.6 Å². The van der Waals surface area contributed by atoms with E-state index in [9.17, 15) is 4.79 Å². The Bertz CT molecular complexity index is 1250. The van der Waals surface area contributed by atoms with Gasteiger partial charge < -0.3 is 14.6 Å². The van der Waals surface area contributed by atoms with Crippen LogP contribution < -0.4 is 15.6 Å². The van der Waals surface area contributed by atoms with Crippen molar-refractivity contribution in [3.8, 4) is 5.75 Å². The minimum absolute atomic E-state index is 0.0854. The predicted octanol–water partition coefficient (Wildman–Crippen LogP) is 4.90. The van der Waals surface area contributed by atoms with E-state index in [1.807, 2.05) is 67.6 Å². The van der Waals surface area contributed by atoms with E-state index in [4.69, 9.17) is 19.6 Å². The number of nitrogens with zero attached hydrogens (tertiary/aromatic N) is 1. The number of aliphatic hydroxyl groups excluding tert-OH is 1. The predicted molar refractivity (Wildman–Crippen MR) is 150 cm³/mol. The van der Waals surface area contributed by atoms with Crippen LogP contribution in [0.15, 0.2) is 106 Å². The Hall–Kier alpha value is -3.59. The number of aliphatic hydroxyl groups is 1. The van der Waals surface area contributed by atoms with Gasteiger partial charge in [-0.05, 0) is 55.0 Å². The van der Waals surface area contributed by atoms with Gasteiger partial charge in [0.2, 0.25) is 5.90 Å². The van der Waals surface area contributed by atoms with Crippen LogP contribution in [0.2, 0.25) is 0 Å². The fourth-order valence-corrected chi connectivity index (χ4v) is 5.06. The molecule has 1 aliphatic heterocycles. The maximum absolute atomic E-state index is 13.5. The Morgan fingerprint density at radius 3 is 2.61 bits per heavy atom. The van der Waals surface area contributed by atoms with Gasteiger partial charge in [0.1, 0.15) is 11.9 Å². The number of hydrogen-bond donors (Lipinski definition) is 3. The topological polar surface area (TPSA) is 92.2 Å². The molecule has 1 heterocycles. The van der Waals surface area contributed by atoms with Gasteiger partial charge >= 0.3 is 0 Å². The van der Waals surface area contributed by atoms with Crippen LogP contribution in [-0.4, -0.2) is 41.8 Å². The number of nitrogens with one attached hydrogen (secondary N) is 2. The molecule has 3 aromatic carbocycles. The molecule has 0 radical (unpaired) electrons. The summed E-state index contributed by atoms with van der Waals surface area (Å²) in [7, 11) is 0. The summed E-state index contributed by atoms with van der Waals surface area (Å²) in [5.74, 6) is 0.817. The van der Waals surface area contributed by atoms with Crippen LogP contribution in [0.3, 0.4) is 0 Å². The Labute approximate surface area is 228 Å². The lowest BCUT2D eigenvalue weighted by Crippen LogP contribution is -2.54. The largest absolute Gasteiger partial charge is 0.494 e. The van der Waals surface area contributed by atoms with Gasteiger partial charge in [0, 0.05) is 41.3 Å². The highest BCUT2D eigenvalue weighted by molar-refractivity contribution is 7.99. The number of ether oxygens (including phenoxy) is 2. The first-order valence-electron chi connectivity index (χ1n) is 12.6. The van der Waals surface area contributed by atoms with Gasteiger partial charge in [-0.25, -0.2) is 10.4 Å². The van der Waals surface area contributed by atoms with Crippen molar-refractivity contribution >= 4 is 23.6 Å². The standard InChI is InChI=1S/C30H33N3O4S/c1-3-18-30(22(2)37-28(32-30)23-14-16-25(17-15-23)36-20-9-19-34)29(35)33-31-21-24-10-7-8-13-27(24)38-26-11-5-4-6-12-26/h3-8,10-17,22,31,34H,1,9,18-21H2,2H3,(H,33,35)/t22-,30-/m0/s1. The quantitative estimate of drug-likeness (QED) is 0.165. The second-order valence-corrected chi connectivity index (χ2v) is 9.99. The Morgan fingerprint density at radius 1 is 1.13 bits per heavy atom. The van der Waals surface area contributed by atoms with Crippen molar-refractivity contribution in [2.75, 3.05) is 13.2 Å². The molecule has 0 saturated heterocycles. The molecule has 0 aromatic heterocycles. The molecule has 0 fully saturated rings. The summed E-state index contributed by atoms with van der Waals surface area (Å²) >= 11 is 1.68. The highest BCUT2D eigenvalue weighted by Crippen LogP contribution is 2.33. The van der Waals surface area contributed by atoms with Crippen LogP contribution in [0.5, 0.6) is 5.75 Å². The third-order valence-corrected chi connectivity index (χ3v) is 7.33. The van der Waals surface area contributed by atoms with Gasteiger partial charge in [0.05, 0.1) is 6.61 Å². The number of hydrazine groups is 1. The van der Waals surface area contributed by atoms with Crippen molar-refractivity contribution < 1.29 is 19.4 Å². The molecule has 198 valence electrons. The molecule has 1 aliphatic rings. The smallest absolute Gasteiger partial charge is 0.266 e. The molecule has 2 atom stereocenters. The van der Waals surface area contributed by atoms with Gasteiger partial charge in [-0.3, -0.25) is 10.2 Å². The number of carbonyl (C=O) groups excluding carboxylic acids is 1. The number of rotatable bonds is 13. The number of benzene rings is 3. The van der Waals surface area contributed by atoms with Crippen LogP contribution in [0.25, 0.3) is 0 Å². The molecule has 7 nitrogen and oxygen atoms in total. The van der Waals surface area contributed by atoms with Crippen molar-refractivity contribution in [2.45, 2.75) is 47.7 Å². The Balaban J connectivity index is 1.43. The second kappa shape index (κ2) is 13.3. The van der Waals surface area contributed by atoms with Crippen molar-refractivity contribution in [3.05, 3.63) is 103 Å². The zero-order valence-corrected chi connectivity index (χ0v) is 22.2. The van der Waals surface area contributed by atoms with E-state index >= 15 is 0 Å². The maximum Gasteiger partial charge on any atom is 0.266 e. The summed E-state index contributed by atoms with van der Waals surface area (Å²) < 4.78 is 11.7. The molecule has 0 aliphatic carbocycles. The average molecular weight is 532 g/mol. The highest BCUT2D eigenvalue weighted by Gasteiger charge is 2.49. The van der Waals surface area contributed by atoms with E-state index in [2.05, 4.69) is 35.6 Å². The molecular formula is C30H33N3O4S. The van der Waals surface area contributed by atoms with Gasteiger partial charge in [-0.1, -0.05) is 54.2 Å². The summed E-state index contributed by atoms with van der Waals surface area (Å²) in [5.41, 5.74) is 6.63. The lowest BCUT2D eigenvalue weighted by molar-refractivity contribution is -0.129. The van der Waals surface area contributed by atoms with Crippen LogP contribution in [0.4, 0.5) is 0 Å². The second-order valence-electron chi connectivity index (χ2n) is 8.87. The summed E-state index contributed by atoms with van der Waals surface area (Å²) in [6.07, 6.45) is 2.10. The van der Waals surface area contributed by atoms with Gasteiger partial charge in [-0.2, -0.15) is 0 Å². The zero-order chi connectivity index (χ0) is 26.8. The number of amides is 1. The lowest BCUT2D eigenvalue weighted by Gasteiger charge is -2.27. The minimum Gasteiger partial charge on any atom is -0.494 e. The normalized spacial score (nSPS) is 18.4. The highest BCUT2D eigenvalue weighted by atomic mass is 32.2. The molecule has 0 spiro atoms. The maximum atomic E-state index is 13.5. The Morgan fingerprint density at radius 2 is 1.87 bits per heavy atom. The molecule has 3 aromatic rings. The summed E-state index contributed by atoms with van der Waals surface area (Å²) in [6.45, 7) is 6.67. The van der Waals surface area contributed by atoms with E-state index in [1.54, 1.807) is 17.8 Å². The third-order valence-electron chi connectivity index (χ3n) is 6.21. The van der Waals surface area contributed by atoms with Gasteiger partial charge in [-0.15, -0.1) is 6.58 Å². The number of aliphatic imine (C=N–C) groups is 1. The molecule has 0 unspecified atom stereocenters. The first-order chi connectivity index (χ1) is 18.6. The third kappa shape index (κ3) is 6.64. The fourth-order valence-electron chi connectivity index (χ4n) is 4.10. The van der Waals surface area contributed by atoms with E-state index in [1.165, 1.54) is 0 Å². The van der Waals surface area contributed by atoms with E-state index in [-0.39, 0.29) is 12.5 Å². The van der Waals surface area contributed by atoms with E-state index in [0.717, 1.165) is 20.9 Å². The van der Waals surface area contributed by atoms with Crippen molar-refractivity contribution in [2.24, 2.45) is 4.99 Å². The van der Waals surface area contributed by atoms with E-state index in [0.29, 0.717) is 37.6 Å². The number of carbonyl (C=O) groups is 1. The Kier molecular flexibility index (Phi) is 9.59. The van der Waals surface area contributed by atoms with Crippen molar-refractivity contribution in [3.63, 3.8) is 0 Å². The molecule has 0 saturated carbocycles. The molecule has 3 N–H and O–H groups in total. The first-order valence-corrected chi connectivity index (χ1v) is 13.4. The zero-order valence-electron chi connectivity index (χ0n) is 21.4. The molecule has 8 heteroatoms. The molecule has 38 heavy (non-hydrogen) atoms. The fraction of sp³-hybridized carbons (Fsp3) is 0.267. The monoisotopic (exact) mass is 531 g/mol. The number of hydrogen-bond acceptors (Lipinski definition) is 7. The minimum atomic E-state index is -1.14. The molecular weight excluding hydrogens is 498 g/mol. The molecule has 1 amide bonds. The van der Waals surface area contributed by atoms with Crippen molar-refractivity contribution in [1.29, 1.82) is 0 Å². The first kappa shape index (κ1) is 27.4. The molecule has 0 bridgehead atoms. The summed E-state index contributed by atoms with van der Waals surface area (Å²) in [6, 6.07) is 25.6. The lowest BCUT2D eigenvalue weighted by atomic mass is 9.90. The van der Waals surface area contributed by atoms with Crippen molar-refractivity contribution in [1.82, 2.24) is 10.9 Å². The van der Waals surface area contributed by atoms with Gasteiger partial charge in [0.15, 0.2) is 5.54 Å². The van der Waals surface area contributed by atoms with Crippen LogP contribution in [0, 0.1) is 0 Å². The average Bonchev–Trinajstić information content (AvgIpc) is 3.28. The SMILES string of the molecule is C=CC[C@]1(C(=O)NNCc2ccccc2Sc2ccccc2)N=C(c2ccc(OCCCO)cc2)O[C@H]1C. The summed E-state index contributed by atoms with van der Waals surface area (Å²) in [5, 5.41) is 8.92. The van der Waals surface area contributed by atoms with Gasteiger partial charge in [0.25, 0.3) is 5.91 Å².